The molecule has 4 heteroatoms. The molecule has 38 valence electrons. The molecule has 0 aromatic heterocycles. The predicted molar refractivity (Wildman–Crippen MR) is 27.6 cm³/mol. The molecule has 0 aliphatic carbocycles. The van der Waals surface area contributed by atoms with Gasteiger partial charge in [-0.1, -0.05) is 0 Å². The van der Waals surface area contributed by atoms with E-state index in [1.807, 2.05) is 0 Å². The Kier molecular flexibility index (Phi) is 1.02. The van der Waals surface area contributed by atoms with E-state index < -0.39 is 0 Å². The Morgan fingerprint density at radius 3 is 2.71 bits per heavy atom. The van der Waals surface area contributed by atoms with Gasteiger partial charge in [0.1, 0.15) is 5.75 Å². The van der Waals surface area contributed by atoms with E-state index >= 15 is 0 Å². The molecule has 7 heavy (non-hydrogen) atoms. The lowest BCUT2D eigenvalue weighted by molar-refractivity contribution is -0.369. The fourth-order valence-corrected chi connectivity index (χ4v) is 0.898. The standard InChI is InChI=1S/C3H4N2OS/c4-3-5-2(6)1-7-3/h1H2,(H2,4,5,6)/p+1. The number of thioether (sulfide) groups is 1. The van der Waals surface area contributed by atoms with Crippen LogP contribution in [0.1, 0.15) is 0 Å². The first-order valence-corrected chi connectivity index (χ1v) is 2.82. The molecule has 0 fully saturated rings. The number of hydrogen-bond donors (Lipinski definition) is 2. The number of carbonyl (C=O) groups is 1. The molecular formula is C3H5N2OS+. The van der Waals surface area contributed by atoms with Crippen LogP contribution in [0.5, 0.6) is 0 Å². The molecule has 0 radical (unpaired) electrons. The van der Waals surface area contributed by atoms with Gasteiger partial charge < -0.3 is 0 Å². The van der Waals surface area contributed by atoms with Gasteiger partial charge in [-0.15, -0.1) is 0 Å². The molecule has 1 amide bonds. The number of nitrogens with one attached hydrogen (secondary N) is 1. The van der Waals surface area contributed by atoms with Crippen molar-refractivity contribution in [3.63, 3.8) is 0 Å². The van der Waals surface area contributed by atoms with Crippen LogP contribution in [0.4, 0.5) is 0 Å². The maximum Gasteiger partial charge on any atom is 0.318 e. The molecule has 1 heterocycles. The van der Waals surface area contributed by atoms with Crippen molar-refractivity contribution < 1.29 is 9.79 Å². The lowest BCUT2D eigenvalue weighted by atomic mass is 10.7. The summed E-state index contributed by atoms with van der Waals surface area (Å²) in [5.41, 5.74) is 5.17. The molecule has 3 nitrogen and oxygen atoms in total. The van der Waals surface area contributed by atoms with Crippen LogP contribution in [-0.2, 0) is 4.79 Å². The van der Waals surface area contributed by atoms with E-state index in [2.05, 4.69) is 4.99 Å². The lowest BCUT2D eigenvalue weighted by Crippen LogP contribution is -2.75. The van der Waals surface area contributed by atoms with Crippen LogP contribution in [0.15, 0.2) is 0 Å². The second kappa shape index (κ2) is 1.54. The predicted octanol–water partition coefficient (Wildman–Crippen LogP) is -2.34. The maximum atomic E-state index is 10.2. The third-order valence-electron chi connectivity index (χ3n) is 0.621. The van der Waals surface area contributed by atoms with Crippen molar-refractivity contribution >= 4 is 22.8 Å². The molecule has 1 rings (SSSR count). The summed E-state index contributed by atoms with van der Waals surface area (Å²) in [4.78, 5) is 12.7. The van der Waals surface area contributed by atoms with E-state index in [4.69, 9.17) is 5.73 Å². The van der Waals surface area contributed by atoms with Gasteiger partial charge in [-0.2, -0.15) is 0 Å². The number of nitrogens with two attached hydrogens (primary N) is 1. The van der Waals surface area contributed by atoms with E-state index in [-0.39, 0.29) is 5.91 Å². The first-order valence-electron chi connectivity index (χ1n) is 1.84. The minimum atomic E-state index is 0.00231. The van der Waals surface area contributed by atoms with Crippen molar-refractivity contribution in [2.45, 2.75) is 0 Å². The molecule has 0 saturated heterocycles. The van der Waals surface area contributed by atoms with Crippen LogP contribution in [0, 0.1) is 0 Å². The van der Waals surface area contributed by atoms with Gasteiger partial charge in [0.2, 0.25) is 0 Å². The monoisotopic (exact) mass is 117 g/mol. The summed E-state index contributed by atoms with van der Waals surface area (Å²) in [6, 6.07) is 0. The first kappa shape index (κ1) is 4.64. The topological polar surface area (TPSA) is 57.1 Å². The highest BCUT2D eigenvalue weighted by molar-refractivity contribution is 8.14. The summed E-state index contributed by atoms with van der Waals surface area (Å²) in [5, 5.41) is 0.519. The van der Waals surface area contributed by atoms with Crippen LogP contribution in [0.25, 0.3) is 0 Å². The summed E-state index contributed by atoms with van der Waals surface area (Å²) in [7, 11) is 0. The number of amidine groups is 1. The van der Waals surface area contributed by atoms with Gasteiger partial charge in [0.05, 0.1) is 0 Å². The minimum absolute atomic E-state index is 0.00231. The minimum Gasteiger partial charge on any atom is -0.281 e. The normalized spacial score (nSPS) is 20.0. The molecule has 1 aliphatic rings. The first-order chi connectivity index (χ1) is 3.29. The number of hydrogen-bond acceptors (Lipinski definition) is 3. The number of carbonyl (C=O) groups excluding carboxylic acids is 1. The lowest BCUT2D eigenvalue weighted by Gasteiger charge is -1.68. The average Bonchev–Trinajstić information content (AvgIpc) is 1.87. The third kappa shape index (κ3) is 0.928. The highest BCUT2D eigenvalue weighted by atomic mass is 32.2. The Hall–Kier alpha value is -0.510. The van der Waals surface area contributed by atoms with Gasteiger partial charge in [-0.25, -0.2) is 9.79 Å². The van der Waals surface area contributed by atoms with Crippen LogP contribution in [0.2, 0.25) is 0 Å². The van der Waals surface area contributed by atoms with Crippen LogP contribution in [0.3, 0.4) is 0 Å². The molecule has 0 saturated carbocycles. The summed E-state index contributed by atoms with van der Waals surface area (Å²) >= 11 is 1.34. The highest BCUT2D eigenvalue weighted by Gasteiger charge is 2.15. The Balaban J connectivity index is 2.67. The zero-order valence-electron chi connectivity index (χ0n) is 3.60. The van der Waals surface area contributed by atoms with E-state index in [1.54, 1.807) is 0 Å². The second-order valence-corrected chi connectivity index (χ2v) is 2.22. The van der Waals surface area contributed by atoms with Crippen molar-refractivity contribution in [2.75, 3.05) is 5.75 Å². The molecule has 0 bridgehead atoms. The van der Waals surface area contributed by atoms with Crippen LogP contribution in [-0.4, -0.2) is 16.8 Å². The Morgan fingerprint density at radius 2 is 2.57 bits per heavy atom. The van der Waals surface area contributed by atoms with Crippen molar-refractivity contribution in [1.82, 2.24) is 0 Å². The third-order valence-corrected chi connectivity index (χ3v) is 1.44. The van der Waals surface area contributed by atoms with Gasteiger partial charge in [-0.3, -0.25) is 5.73 Å². The Labute approximate surface area is 45.0 Å². The van der Waals surface area contributed by atoms with Crippen LogP contribution >= 0.6 is 11.8 Å². The molecular weight excluding hydrogens is 112 g/mol. The Morgan fingerprint density at radius 1 is 1.86 bits per heavy atom. The maximum absolute atomic E-state index is 10.2. The van der Waals surface area contributed by atoms with Crippen LogP contribution < -0.4 is 10.7 Å². The summed E-state index contributed by atoms with van der Waals surface area (Å²) < 4.78 is 0. The summed E-state index contributed by atoms with van der Waals surface area (Å²) in [6.07, 6.45) is 0. The SMILES string of the molecule is NC1=[NH+]C(=O)CS1. The molecule has 0 unspecified atom stereocenters. The van der Waals surface area contributed by atoms with Gasteiger partial charge in [0.15, 0.2) is 0 Å². The number of amides is 1. The second-order valence-electron chi connectivity index (χ2n) is 1.20. The fraction of sp³-hybridized carbons (Fsp3) is 0.333. The highest BCUT2D eigenvalue weighted by Crippen LogP contribution is 1.95. The van der Waals surface area contributed by atoms with Gasteiger partial charge >= 0.3 is 11.1 Å². The fourth-order valence-electron chi connectivity index (χ4n) is 0.353. The molecule has 0 atom stereocenters. The zero-order chi connectivity index (χ0) is 5.28. The number of rotatable bonds is 0. The molecule has 1 aliphatic heterocycles. The summed E-state index contributed by atoms with van der Waals surface area (Å²) in [5.74, 6) is 0.480. The van der Waals surface area contributed by atoms with E-state index in [0.717, 1.165) is 0 Å². The molecule has 0 aromatic carbocycles. The van der Waals surface area contributed by atoms with Crippen molar-refractivity contribution in [2.24, 2.45) is 5.73 Å². The van der Waals surface area contributed by atoms with Crippen molar-refractivity contribution in [1.29, 1.82) is 0 Å². The molecule has 3 N–H and O–H groups in total. The summed E-state index contributed by atoms with van der Waals surface area (Å²) in [6.45, 7) is 0. The van der Waals surface area contributed by atoms with Gasteiger partial charge in [0.25, 0.3) is 0 Å². The van der Waals surface area contributed by atoms with E-state index in [0.29, 0.717) is 10.9 Å². The molecule has 0 aromatic rings. The van der Waals surface area contributed by atoms with E-state index in [9.17, 15) is 4.79 Å². The molecule has 0 spiro atoms. The largest absolute Gasteiger partial charge is 0.318 e. The van der Waals surface area contributed by atoms with Crippen molar-refractivity contribution in [3.8, 4) is 0 Å². The van der Waals surface area contributed by atoms with Crippen molar-refractivity contribution in [3.05, 3.63) is 0 Å². The smallest absolute Gasteiger partial charge is 0.281 e. The average molecular weight is 117 g/mol. The van der Waals surface area contributed by atoms with Gasteiger partial charge in [0, 0.05) is 0 Å². The zero-order valence-corrected chi connectivity index (χ0v) is 4.42. The van der Waals surface area contributed by atoms with E-state index in [1.165, 1.54) is 11.8 Å². The van der Waals surface area contributed by atoms with Gasteiger partial charge in [-0.05, 0) is 11.8 Å². The Bertz CT molecular complexity index is 131. The quantitative estimate of drug-likeness (QED) is 0.373.